The second-order valence-corrected chi connectivity index (χ2v) is 8.19. The Bertz CT molecular complexity index is 1140. The van der Waals surface area contributed by atoms with Gasteiger partial charge in [-0.05, 0) is 50.5 Å². The third-order valence-electron chi connectivity index (χ3n) is 5.25. The molecule has 0 saturated carbocycles. The molecule has 1 heterocycles. The smallest absolute Gasteiger partial charge is 0.366 e. The lowest BCUT2D eigenvalue weighted by Gasteiger charge is -2.27. The quantitative estimate of drug-likeness (QED) is 0.498. The van der Waals surface area contributed by atoms with E-state index in [0.717, 1.165) is 0 Å². The van der Waals surface area contributed by atoms with Crippen molar-refractivity contribution in [3.63, 3.8) is 0 Å². The Labute approximate surface area is 183 Å². The second kappa shape index (κ2) is 9.02. The highest BCUT2D eigenvalue weighted by Crippen LogP contribution is 2.25. The number of rotatable bonds is 8. The standard InChI is InChI=1S/C23H25F3N4O2/c1-22(2,16-9-7-8-15(14-16)20(27)31)28-21(32)19-17-10-3-4-11-18(17)30(29-19)13-6-5-12-23(24,25)26/h3-4,7-11,14H,5-6,12-13H2,1-2H3,(H2,27,31)(H,28,32). The molecule has 2 aromatic carbocycles. The minimum atomic E-state index is -4.19. The first-order valence-corrected chi connectivity index (χ1v) is 10.2. The number of aryl methyl sites for hydroxylation is 1. The van der Waals surface area contributed by atoms with E-state index in [9.17, 15) is 22.8 Å². The van der Waals surface area contributed by atoms with Crippen molar-refractivity contribution in [2.45, 2.75) is 51.4 Å². The van der Waals surface area contributed by atoms with Crippen molar-refractivity contribution in [3.05, 3.63) is 65.4 Å². The topological polar surface area (TPSA) is 90.0 Å². The van der Waals surface area contributed by atoms with Crippen molar-refractivity contribution >= 4 is 22.7 Å². The maximum atomic E-state index is 13.1. The van der Waals surface area contributed by atoms with Crippen LogP contribution < -0.4 is 11.1 Å². The molecule has 0 unspecified atom stereocenters. The number of fused-ring (bicyclic) bond motifs is 1. The van der Waals surface area contributed by atoms with Crippen LogP contribution in [0.1, 0.15) is 59.5 Å². The molecule has 9 heteroatoms. The number of amides is 2. The average molecular weight is 446 g/mol. The minimum absolute atomic E-state index is 0.0115. The summed E-state index contributed by atoms with van der Waals surface area (Å²) in [4.78, 5) is 24.6. The van der Waals surface area contributed by atoms with Crippen molar-refractivity contribution in [3.8, 4) is 0 Å². The Kier molecular flexibility index (Phi) is 6.57. The summed E-state index contributed by atoms with van der Waals surface area (Å²) in [5.74, 6) is -0.992. The molecule has 3 aromatic rings. The third-order valence-corrected chi connectivity index (χ3v) is 5.25. The van der Waals surface area contributed by atoms with Crippen LogP contribution in [0.15, 0.2) is 48.5 Å². The number of benzene rings is 2. The third kappa shape index (κ3) is 5.46. The van der Waals surface area contributed by atoms with Crippen LogP contribution >= 0.6 is 0 Å². The number of alkyl halides is 3. The van der Waals surface area contributed by atoms with E-state index in [1.165, 1.54) is 0 Å². The fraction of sp³-hybridized carbons (Fsp3) is 0.348. The van der Waals surface area contributed by atoms with Gasteiger partial charge in [0.25, 0.3) is 5.91 Å². The van der Waals surface area contributed by atoms with Crippen LogP contribution in [-0.2, 0) is 12.1 Å². The summed E-state index contributed by atoms with van der Waals surface area (Å²) in [5.41, 5.74) is 6.42. The van der Waals surface area contributed by atoms with Gasteiger partial charge in [0.1, 0.15) is 0 Å². The molecule has 6 nitrogen and oxygen atoms in total. The number of unbranched alkanes of at least 4 members (excludes halogenated alkanes) is 1. The number of hydrogen-bond acceptors (Lipinski definition) is 3. The summed E-state index contributed by atoms with van der Waals surface area (Å²) in [6, 6.07) is 13.8. The normalized spacial score (nSPS) is 12.2. The van der Waals surface area contributed by atoms with Crippen LogP contribution in [0.3, 0.4) is 0 Å². The maximum Gasteiger partial charge on any atom is 0.389 e. The molecular formula is C23H25F3N4O2. The van der Waals surface area contributed by atoms with Crippen LogP contribution in [0.2, 0.25) is 0 Å². The SMILES string of the molecule is CC(C)(NC(=O)c1nn(CCCCC(F)(F)F)c2ccccc12)c1cccc(C(N)=O)c1. The van der Waals surface area contributed by atoms with Gasteiger partial charge in [-0.15, -0.1) is 0 Å². The van der Waals surface area contributed by atoms with Crippen LogP contribution in [0.25, 0.3) is 10.9 Å². The van der Waals surface area contributed by atoms with Gasteiger partial charge < -0.3 is 11.1 Å². The Morgan fingerprint density at radius 2 is 1.78 bits per heavy atom. The Balaban J connectivity index is 1.82. The van der Waals surface area contributed by atoms with Gasteiger partial charge in [-0.25, -0.2) is 0 Å². The molecule has 0 bridgehead atoms. The first kappa shape index (κ1) is 23.3. The molecule has 3 N–H and O–H groups in total. The summed E-state index contributed by atoms with van der Waals surface area (Å²) < 4.78 is 38.8. The van der Waals surface area contributed by atoms with Crippen LogP contribution in [-0.4, -0.2) is 27.8 Å². The van der Waals surface area contributed by atoms with Crippen molar-refractivity contribution in [2.75, 3.05) is 0 Å². The van der Waals surface area contributed by atoms with Crippen LogP contribution in [0.4, 0.5) is 13.2 Å². The zero-order valence-electron chi connectivity index (χ0n) is 17.9. The monoisotopic (exact) mass is 446 g/mol. The van der Waals surface area contributed by atoms with E-state index >= 15 is 0 Å². The molecule has 0 aliphatic rings. The van der Waals surface area contributed by atoms with E-state index in [2.05, 4.69) is 10.4 Å². The van der Waals surface area contributed by atoms with Crippen molar-refractivity contribution in [1.29, 1.82) is 0 Å². The number of nitrogens with zero attached hydrogens (tertiary/aromatic N) is 2. The number of nitrogens with one attached hydrogen (secondary N) is 1. The summed E-state index contributed by atoms with van der Waals surface area (Å²) in [6.07, 6.45) is -4.76. The molecule has 1 aromatic heterocycles. The number of carbonyl (C=O) groups is 2. The van der Waals surface area contributed by atoms with Gasteiger partial charge in [0.15, 0.2) is 5.69 Å². The number of primary amides is 1. The van der Waals surface area contributed by atoms with E-state index in [4.69, 9.17) is 5.73 Å². The molecule has 2 amide bonds. The van der Waals surface area contributed by atoms with Crippen molar-refractivity contribution in [2.24, 2.45) is 5.73 Å². The fourth-order valence-corrected chi connectivity index (χ4v) is 3.53. The number of aromatic nitrogens is 2. The minimum Gasteiger partial charge on any atom is -0.366 e. The van der Waals surface area contributed by atoms with E-state index in [0.29, 0.717) is 22.0 Å². The largest absolute Gasteiger partial charge is 0.389 e. The summed E-state index contributed by atoms with van der Waals surface area (Å²) in [6.45, 7) is 3.86. The molecule has 0 aliphatic heterocycles. The lowest BCUT2D eigenvalue weighted by Crippen LogP contribution is -2.41. The predicted molar refractivity (Wildman–Crippen MR) is 115 cm³/mol. The fourth-order valence-electron chi connectivity index (χ4n) is 3.53. The highest BCUT2D eigenvalue weighted by Gasteiger charge is 2.28. The molecule has 170 valence electrons. The van der Waals surface area contributed by atoms with Crippen LogP contribution in [0.5, 0.6) is 0 Å². The molecule has 0 atom stereocenters. The summed E-state index contributed by atoms with van der Waals surface area (Å²) in [7, 11) is 0. The number of halogens is 3. The molecule has 0 saturated heterocycles. The number of para-hydroxylation sites is 1. The zero-order valence-corrected chi connectivity index (χ0v) is 17.9. The van der Waals surface area contributed by atoms with E-state index < -0.39 is 30.0 Å². The summed E-state index contributed by atoms with van der Waals surface area (Å²) in [5, 5.41) is 7.94. The van der Waals surface area contributed by atoms with Crippen molar-refractivity contribution < 1.29 is 22.8 Å². The van der Waals surface area contributed by atoms with Gasteiger partial charge in [0.05, 0.1) is 11.1 Å². The zero-order chi connectivity index (χ0) is 23.5. The predicted octanol–water partition coefficient (Wildman–Crippen LogP) is 4.53. The van der Waals surface area contributed by atoms with Gasteiger partial charge in [-0.1, -0.05) is 30.3 Å². The summed E-state index contributed by atoms with van der Waals surface area (Å²) >= 11 is 0. The van der Waals surface area contributed by atoms with Crippen molar-refractivity contribution in [1.82, 2.24) is 15.1 Å². The lowest BCUT2D eigenvalue weighted by atomic mass is 9.92. The lowest BCUT2D eigenvalue weighted by molar-refractivity contribution is -0.135. The van der Waals surface area contributed by atoms with Gasteiger partial charge in [-0.3, -0.25) is 14.3 Å². The Morgan fingerprint density at radius 3 is 2.47 bits per heavy atom. The number of hydrogen-bond donors (Lipinski definition) is 2. The molecular weight excluding hydrogens is 421 g/mol. The van der Waals surface area contributed by atoms with E-state index in [1.807, 2.05) is 0 Å². The van der Waals surface area contributed by atoms with Gasteiger partial charge in [0.2, 0.25) is 5.91 Å². The molecule has 0 fully saturated rings. The molecule has 32 heavy (non-hydrogen) atoms. The van der Waals surface area contributed by atoms with Gasteiger partial charge in [0, 0.05) is 23.9 Å². The highest BCUT2D eigenvalue weighted by atomic mass is 19.4. The van der Waals surface area contributed by atoms with Crippen LogP contribution in [0, 0.1) is 0 Å². The van der Waals surface area contributed by atoms with Gasteiger partial charge in [-0.2, -0.15) is 18.3 Å². The first-order valence-electron chi connectivity index (χ1n) is 10.2. The Hall–Kier alpha value is -3.36. The number of carbonyl (C=O) groups excluding carboxylic acids is 2. The maximum absolute atomic E-state index is 13.1. The average Bonchev–Trinajstić information content (AvgIpc) is 3.09. The first-order chi connectivity index (χ1) is 15.0. The Morgan fingerprint density at radius 1 is 1.06 bits per heavy atom. The van der Waals surface area contributed by atoms with E-state index in [-0.39, 0.29) is 25.1 Å². The van der Waals surface area contributed by atoms with Gasteiger partial charge >= 0.3 is 6.18 Å². The van der Waals surface area contributed by atoms with E-state index in [1.54, 1.807) is 67.1 Å². The second-order valence-electron chi connectivity index (χ2n) is 8.19. The molecule has 0 aliphatic carbocycles. The molecule has 0 spiro atoms. The molecule has 0 radical (unpaired) electrons. The number of nitrogens with two attached hydrogens (primary N) is 1. The molecule has 3 rings (SSSR count). The highest BCUT2D eigenvalue weighted by molar-refractivity contribution is 6.05.